The maximum atomic E-state index is 12.1. The van der Waals surface area contributed by atoms with Crippen LogP contribution in [0.1, 0.15) is 49.5 Å². The number of halogens is 2. The van der Waals surface area contributed by atoms with Crippen molar-refractivity contribution >= 4 is 35.1 Å². The molecule has 0 aromatic carbocycles. The molecular formula is C27H35Cl2N7O2. The van der Waals surface area contributed by atoms with Gasteiger partial charge in [0.2, 0.25) is 0 Å². The number of aromatic nitrogens is 2. The number of ether oxygens (including phenoxy) is 1. The van der Waals surface area contributed by atoms with Crippen LogP contribution < -0.4 is 15.8 Å². The van der Waals surface area contributed by atoms with Gasteiger partial charge < -0.3 is 19.4 Å². The molecule has 1 saturated carbocycles. The first-order valence-electron chi connectivity index (χ1n) is 13.4. The fraction of sp³-hybridized carbons (Fsp3) is 0.593. The number of rotatable bonds is 5. The minimum Gasteiger partial charge on any atom is -0.370 e. The first-order chi connectivity index (χ1) is 18.2. The van der Waals surface area contributed by atoms with Crippen LogP contribution in [0.5, 0.6) is 0 Å². The van der Waals surface area contributed by atoms with Gasteiger partial charge in [0.15, 0.2) is 0 Å². The van der Waals surface area contributed by atoms with E-state index in [-0.39, 0.29) is 29.7 Å². The Morgan fingerprint density at radius 3 is 2.50 bits per heavy atom. The van der Waals surface area contributed by atoms with E-state index in [1.807, 2.05) is 18.0 Å². The molecule has 5 atom stereocenters. The number of carbonyl (C=O) groups excluding carboxylic acids is 1. The zero-order chi connectivity index (χ0) is 26.6. The molecule has 3 saturated heterocycles. The van der Waals surface area contributed by atoms with Crippen molar-refractivity contribution in [1.29, 1.82) is 0 Å². The number of nitrogens with zero attached hydrogens (tertiary/aromatic N) is 5. The highest BCUT2D eigenvalue weighted by molar-refractivity contribution is 6.35. The third-order valence-electron chi connectivity index (χ3n) is 8.61. The molecule has 5 heterocycles. The number of amides is 2. The van der Waals surface area contributed by atoms with Gasteiger partial charge in [-0.3, -0.25) is 10.4 Å². The monoisotopic (exact) mass is 559 g/mol. The van der Waals surface area contributed by atoms with E-state index in [0.29, 0.717) is 22.0 Å². The van der Waals surface area contributed by atoms with Crippen molar-refractivity contribution in [2.45, 2.75) is 50.5 Å². The lowest BCUT2D eigenvalue weighted by atomic mass is 9.73. The molecule has 4 aliphatic rings. The molecule has 4 unspecified atom stereocenters. The Labute approximate surface area is 233 Å². The van der Waals surface area contributed by atoms with Crippen molar-refractivity contribution in [3.63, 3.8) is 0 Å². The molecule has 11 heteroatoms. The van der Waals surface area contributed by atoms with E-state index in [9.17, 15) is 4.79 Å². The van der Waals surface area contributed by atoms with E-state index < -0.39 is 0 Å². The van der Waals surface area contributed by atoms with Crippen molar-refractivity contribution in [2.75, 3.05) is 45.2 Å². The summed E-state index contributed by atoms with van der Waals surface area (Å²) in [5, 5.41) is 1.08. The molecule has 2 aromatic heterocycles. The summed E-state index contributed by atoms with van der Waals surface area (Å²) >= 11 is 12.7. The molecule has 204 valence electrons. The second-order valence-corrected chi connectivity index (χ2v) is 12.4. The lowest BCUT2D eigenvalue weighted by molar-refractivity contribution is -0.0370. The van der Waals surface area contributed by atoms with Crippen LogP contribution in [0.25, 0.3) is 0 Å². The first kappa shape index (κ1) is 26.1. The van der Waals surface area contributed by atoms with Crippen LogP contribution in [0, 0.1) is 11.3 Å². The molecule has 0 bridgehead atoms. The quantitative estimate of drug-likeness (QED) is 0.571. The number of hydrogen-bond donors (Lipinski definition) is 2. The average molecular weight is 561 g/mol. The van der Waals surface area contributed by atoms with Crippen molar-refractivity contribution in [1.82, 2.24) is 30.6 Å². The summed E-state index contributed by atoms with van der Waals surface area (Å²) in [5.41, 5.74) is 9.25. The molecular weight excluding hydrogens is 525 g/mol. The highest BCUT2D eigenvalue weighted by Crippen LogP contribution is 2.43. The molecule has 6 rings (SSSR count). The fourth-order valence-electron chi connectivity index (χ4n) is 6.71. The molecule has 1 aliphatic carbocycles. The van der Waals surface area contributed by atoms with Gasteiger partial charge in [-0.25, -0.2) is 15.2 Å². The molecule has 1 spiro atoms. The second kappa shape index (κ2) is 10.1. The van der Waals surface area contributed by atoms with Gasteiger partial charge in [0, 0.05) is 75.9 Å². The zero-order valence-corrected chi connectivity index (χ0v) is 23.5. The van der Waals surface area contributed by atoms with E-state index in [1.165, 1.54) is 5.56 Å². The van der Waals surface area contributed by atoms with E-state index in [2.05, 4.69) is 32.9 Å². The highest BCUT2D eigenvalue weighted by atomic mass is 35.5. The normalized spacial score (nSPS) is 28.4. The number of carbonyl (C=O) groups is 1. The number of likely N-dealkylation sites (tertiary alicyclic amines) is 1. The standard InChI is InChI=1S/C27H35Cl2N7O2/c1-16(24-20(28)10-30-11-21(24)29)38-18-5-6-22-19(8-18)25(33-32-22)17-4-7-23(31-9-17)35-12-27(13-35)14-36(15-27)26(37)34(2)3/h4,7,9-11,16,18-19,22,25,32-33H,5-6,8,12-15H2,1-3H3/t16-,18?,19?,22?,25?/m1/s1. The smallest absolute Gasteiger partial charge is 0.319 e. The van der Waals surface area contributed by atoms with Gasteiger partial charge in [-0.1, -0.05) is 29.3 Å². The Kier molecular flexibility index (Phi) is 6.93. The third-order valence-corrected chi connectivity index (χ3v) is 9.21. The summed E-state index contributed by atoms with van der Waals surface area (Å²) in [6.45, 7) is 5.58. The van der Waals surface area contributed by atoms with Gasteiger partial charge in [-0.15, -0.1) is 0 Å². The van der Waals surface area contributed by atoms with Crippen LogP contribution in [-0.2, 0) is 4.74 Å². The number of hydrazine groups is 1. The van der Waals surface area contributed by atoms with Gasteiger partial charge in [0.05, 0.1) is 28.3 Å². The van der Waals surface area contributed by atoms with Gasteiger partial charge in [0.1, 0.15) is 5.82 Å². The maximum absolute atomic E-state index is 12.1. The molecule has 9 nitrogen and oxygen atoms in total. The number of nitrogens with one attached hydrogen (secondary N) is 2. The van der Waals surface area contributed by atoms with Gasteiger partial charge >= 0.3 is 6.03 Å². The first-order valence-corrected chi connectivity index (χ1v) is 14.1. The number of pyridine rings is 2. The second-order valence-electron chi connectivity index (χ2n) is 11.6. The molecule has 38 heavy (non-hydrogen) atoms. The lowest BCUT2D eigenvalue weighted by Crippen LogP contribution is -2.73. The van der Waals surface area contributed by atoms with Crippen molar-refractivity contribution < 1.29 is 9.53 Å². The van der Waals surface area contributed by atoms with E-state index >= 15 is 0 Å². The number of hydrogen-bond acceptors (Lipinski definition) is 7. The van der Waals surface area contributed by atoms with Crippen LogP contribution in [0.3, 0.4) is 0 Å². The maximum Gasteiger partial charge on any atom is 0.319 e. The van der Waals surface area contributed by atoms with Crippen LogP contribution in [0.4, 0.5) is 10.6 Å². The van der Waals surface area contributed by atoms with Crippen LogP contribution in [-0.4, -0.2) is 78.2 Å². The lowest BCUT2D eigenvalue weighted by Gasteiger charge is -2.60. The molecule has 2 amide bonds. The molecule has 3 aliphatic heterocycles. The minimum absolute atomic E-state index is 0.0994. The summed E-state index contributed by atoms with van der Waals surface area (Å²) in [6.07, 6.45) is 8.13. The summed E-state index contributed by atoms with van der Waals surface area (Å²) in [6, 6.07) is 5.01. The van der Waals surface area contributed by atoms with E-state index in [0.717, 1.165) is 56.8 Å². The van der Waals surface area contributed by atoms with Gasteiger partial charge in [-0.05, 0) is 43.7 Å². The molecule has 2 N–H and O–H groups in total. The summed E-state index contributed by atoms with van der Waals surface area (Å²) < 4.78 is 6.47. The van der Waals surface area contributed by atoms with E-state index in [1.54, 1.807) is 31.4 Å². The number of urea groups is 1. The Morgan fingerprint density at radius 2 is 1.84 bits per heavy atom. The SMILES string of the molecule is C[C@@H](OC1CCC2NNC(c3ccc(N4CC5(CN(C(=O)N(C)C)C5)C4)nc3)C2C1)c1c(Cl)cncc1Cl. The summed E-state index contributed by atoms with van der Waals surface area (Å²) in [5.74, 6) is 1.41. The average Bonchev–Trinajstić information content (AvgIpc) is 3.25. The largest absolute Gasteiger partial charge is 0.370 e. The van der Waals surface area contributed by atoms with Crippen LogP contribution in [0.2, 0.25) is 10.0 Å². The number of anilines is 1. The topological polar surface area (TPSA) is 85.9 Å². The molecule has 2 aromatic rings. The number of fused-ring (bicyclic) bond motifs is 1. The van der Waals surface area contributed by atoms with Crippen molar-refractivity contribution in [2.24, 2.45) is 11.3 Å². The third kappa shape index (κ3) is 4.73. The van der Waals surface area contributed by atoms with Crippen molar-refractivity contribution in [3.8, 4) is 0 Å². The zero-order valence-electron chi connectivity index (χ0n) is 22.0. The summed E-state index contributed by atoms with van der Waals surface area (Å²) in [7, 11) is 3.61. The Balaban J connectivity index is 1.05. The van der Waals surface area contributed by atoms with E-state index in [4.69, 9.17) is 32.9 Å². The van der Waals surface area contributed by atoms with Gasteiger partial charge in [-0.2, -0.15) is 0 Å². The highest BCUT2D eigenvalue weighted by Gasteiger charge is 2.54. The predicted octanol–water partition coefficient (Wildman–Crippen LogP) is 4.05. The van der Waals surface area contributed by atoms with Crippen LogP contribution >= 0.6 is 23.2 Å². The fourth-order valence-corrected chi connectivity index (χ4v) is 7.38. The molecule has 4 fully saturated rings. The minimum atomic E-state index is -0.204. The predicted molar refractivity (Wildman–Crippen MR) is 147 cm³/mol. The Hall–Kier alpha value is -2.17. The Bertz CT molecular complexity index is 1160. The Morgan fingerprint density at radius 1 is 1.11 bits per heavy atom. The van der Waals surface area contributed by atoms with Crippen LogP contribution in [0.15, 0.2) is 30.7 Å². The van der Waals surface area contributed by atoms with Crippen molar-refractivity contribution in [3.05, 3.63) is 51.9 Å². The summed E-state index contributed by atoms with van der Waals surface area (Å²) in [4.78, 5) is 26.9. The van der Waals surface area contributed by atoms with Gasteiger partial charge in [0.25, 0.3) is 0 Å². The molecule has 0 radical (unpaired) electrons.